The SMILES string of the molecule is O=C1CCCN1CCCN[C@@H](c1cccc(C(F)(F)F)c1)C1CC1. The summed E-state index contributed by atoms with van der Waals surface area (Å²) in [5.74, 6) is 0.633. The van der Waals surface area contributed by atoms with Gasteiger partial charge in [-0.2, -0.15) is 13.2 Å². The topological polar surface area (TPSA) is 32.3 Å². The number of halogens is 3. The predicted molar refractivity (Wildman–Crippen MR) is 85.3 cm³/mol. The molecule has 1 atom stereocenters. The van der Waals surface area contributed by atoms with Crippen LogP contribution in [0.3, 0.4) is 0 Å². The lowest BCUT2D eigenvalue weighted by Crippen LogP contribution is -2.30. The number of likely N-dealkylation sites (tertiary alicyclic amines) is 1. The van der Waals surface area contributed by atoms with Gasteiger partial charge in [-0.15, -0.1) is 0 Å². The third-order valence-corrected chi connectivity index (χ3v) is 4.81. The van der Waals surface area contributed by atoms with Crippen LogP contribution in [0.25, 0.3) is 0 Å². The fourth-order valence-electron chi connectivity index (χ4n) is 3.36. The summed E-state index contributed by atoms with van der Waals surface area (Å²) in [5, 5.41) is 3.41. The van der Waals surface area contributed by atoms with E-state index in [4.69, 9.17) is 0 Å². The van der Waals surface area contributed by atoms with E-state index in [2.05, 4.69) is 5.32 Å². The first-order chi connectivity index (χ1) is 11.4. The summed E-state index contributed by atoms with van der Waals surface area (Å²) in [5.41, 5.74) is 0.125. The number of alkyl halides is 3. The summed E-state index contributed by atoms with van der Waals surface area (Å²) in [6.45, 7) is 2.27. The molecule has 3 rings (SSSR count). The zero-order valence-electron chi connectivity index (χ0n) is 13.6. The fraction of sp³-hybridized carbons (Fsp3) is 0.611. The third kappa shape index (κ3) is 4.29. The average Bonchev–Trinajstić information content (AvgIpc) is 3.29. The van der Waals surface area contributed by atoms with Crippen LogP contribution in [0.15, 0.2) is 24.3 Å². The van der Waals surface area contributed by atoms with Crippen molar-refractivity contribution in [3.05, 3.63) is 35.4 Å². The number of hydrogen-bond donors (Lipinski definition) is 1. The Kier molecular flexibility index (Phi) is 5.13. The van der Waals surface area contributed by atoms with Gasteiger partial charge in [-0.25, -0.2) is 0 Å². The molecule has 1 aromatic rings. The van der Waals surface area contributed by atoms with Crippen molar-refractivity contribution in [1.82, 2.24) is 10.2 Å². The number of hydrogen-bond acceptors (Lipinski definition) is 2. The maximum Gasteiger partial charge on any atom is 0.416 e. The van der Waals surface area contributed by atoms with Gasteiger partial charge < -0.3 is 10.2 Å². The normalized spacial score (nSPS) is 19.8. The summed E-state index contributed by atoms with van der Waals surface area (Å²) in [7, 11) is 0. The van der Waals surface area contributed by atoms with Crippen molar-refractivity contribution in [3.8, 4) is 0 Å². The molecule has 1 aliphatic carbocycles. The Hall–Kier alpha value is -1.56. The molecule has 1 N–H and O–H groups in total. The van der Waals surface area contributed by atoms with Gasteiger partial charge in [-0.05, 0) is 55.8 Å². The van der Waals surface area contributed by atoms with Crippen LogP contribution in [0.2, 0.25) is 0 Å². The van der Waals surface area contributed by atoms with Crippen LogP contribution in [-0.4, -0.2) is 30.4 Å². The molecule has 0 radical (unpaired) electrons. The van der Waals surface area contributed by atoms with Gasteiger partial charge in [0.1, 0.15) is 0 Å². The van der Waals surface area contributed by atoms with Crippen molar-refractivity contribution in [3.63, 3.8) is 0 Å². The van der Waals surface area contributed by atoms with Crippen LogP contribution < -0.4 is 5.32 Å². The summed E-state index contributed by atoms with van der Waals surface area (Å²) in [6.07, 6.45) is 0.203. The van der Waals surface area contributed by atoms with Crippen molar-refractivity contribution in [2.75, 3.05) is 19.6 Å². The van der Waals surface area contributed by atoms with Gasteiger partial charge >= 0.3 is 6.18 Å². The lowest BCUT2D eigenvalue weighted by molar-refractivity contribution is -0.137. The minimum absolute atomic E-state index is 0.0263. The van der Waals surface area contributed by atoms with E-state index in [0.29, 0.717) is 24.4 Å². The highest BCUT2D eigenvalue weighted by Gasteiger charge is 2.35. The monoisotopic (exact) mass is 340 g/mol. The first-order valence-corrected chi connectivity index (χ1v) is 8.63. The summed E-state index contributed by atoms with van der Waals surface area (Å²) in [6, 6.07) is 5.61. The average molecular weight is 340 g/mol. The minimum atomic E-state index is -4.31. The zero-order valence-corrected chi connectivity index (χ0v) is 13.6. The Labute approximate surface area is 140 Å². The van der Waals surface area contributed by atoms with Gasteiger partial charge in [0.15, 0.2) is 0 Å². The highest BCUT2D eigenvalue weighted by Crippen LogP contribution is 2.42. The second kappa shape index (κ2) is 7.13. The molecule has 0 bridgehead atoms. The van der Waals surface area contributed by atoms with Crippen molar-refractivity contribution in [1.29, 1.82) is 0 Å². The van der Waals surface area contributed by atoms with E-state index in [-0.39, 0.29) is 11.9 Å². The van der Waals surface area contributed by atoms with Crippen LogP contribution >= 0.6 is 0 Å². The molecular formula is C18H23F3N2O. The predicted octanol–water partition coefficient (Wildman–Crippen LogP) is 3.76. The van der Waals surface area contributed by atoms with Crippen molar-refractivity contribution >= 4 is 5.91 Å². The summed E-state index contributed by atoms with van der Waals surface area (Å²) >= 11 is 0. The van der Waals surface area contributed by atoms with Crippen LogP contribution in [0.1, 0.15) is 49.3 Å². The molecular weight excluding hydrogens is 317 g/mol. The van der Waals surface area contributed by atoms with Gasteiger partial charge in [0.05, 0.1) is 5.56 Å². The van der Waals surface area contributed by atoms with Crippen molar-refractivity contribution < 1.29 is 18.0 Å². The highest BCUT2D eigenvalue weighted by molar-refractivity contribution is 5.77. The van der Waals surface area contributed by atoms with E-state index in [1.165, 1.54) is 12.1 Å². The summed E-state index contributed by atoms with van der Waals surface area (Å²) in [4.78, 5) is 13.4. The van der Waals surface area contributed by atoms with E-state index < -0.39 is 11.7 Å². The number of rotatable bonds is 7. The Morgan fingerprint density at radius 2 is 2.08 bits per heavy atom. The van der Waals surface area contributed by atoms with E-state index in [0.717, 1.165) is 44.8 Å². The van der Waals surface area contributed by atoms with Gasteiger partial charge in [-0.3, -0.25) is 4.79 Å². The molecule has 0 spiro atoms. The molecule has 24 heavy (non-hydrogen) atoms. The van der Waals surface area contributed by atoms with E-state index in [9.17, 15) is 18.0 Å². The molecule has 132 valence electrons. The van der Waals surface area contributed by atoms with E-state index >= 15 is 0 Å². The molecule has 0 aromatic heterocycles. The lowest BCUT2D eigenvalue weighted by Gasteiger charge is -2.21. The molecule has 1 heterocycles. The van der Waals surface area contributed by atoms with Gasteiger partial charge in [0.25, 0.3) is 0 Å². The maximum absolute atomic E-state index is 12.9. The Morgan fingerprint density at radius 3 is 2.71 bits per heavy atom. The fourth-order valence-corrected chi connectivity index (χ4v) is 3.36. The first kappa shape index (κ1) is 17.3. The first-order valence-electron chi connectivity index (χ1n) is 8.63. The Bertz CT molecular complexity index is 584. The van der Waals surface area contributed by atoms with Crippen LogP contribution in [0.4, 0.5) is 13.2 Å². The lowest BCUT2D eigenvalue weighted by atomic mass is 9.99. The second-order valence-corrected chi connectivity index (χ2v) is 6.73. The molecule has 3 nitrogen and oxygen atoms in total. The molecule has 0 unspecified atom stereocenters. The molecule has 2 aliphatic rings. The molecule has 1 amide bonds. The Balaban J connectivity index is 1.56. The van der Waals surface area contributed by atoms with Crippen LogP contribution in [-0.2, 0) is 11.0 Å². The molecule has 1 aromatic carbocycles. The zero-order chi connectivity index (χ0) is 17.2. The van der Waals surface area contributed by atoms with Crippen molar-refractivity contribution in [2.24, 2.45) is 5.92 Å². The molecule has 1 saturated heterocycles. The van der Waals surface area contributed by atoms with Crippen LogP contribution in [0.5, 0.6) is 0 Å². The van der Waals surface area contributed by atoms with Gasteiger partial charge in [0, 0.05) is 25.6 Å². The quantitative estimate of drug-likeness (QED) is 0.767. The number of benzene rings is 1. The van der Waals surface area contributed by atoms with E-state index in [1.807, 2.05) is 4.90 Å². The number of nitrogens with one attached hydrogen (secondary N) is 1. The number of carbonyl (C=O) groups is 1. The largest absolute Gasteiger partial charge is 0.416 e. The van der Waals surface area contributed by atoms with E-state index in [1.54, 1.807) is 6.07 Å². The van der Waals surface area contributed by atoms with Crippen LogP contribution in [0, 0.1) is 5.92 Å². The summed E-state index contributed by atoms with van der Waals surface area (Å²) < 4.78 is 38.7. The molecule has 1 saturated carbocycles. The number of amides is 1. The number of nitrogens with zero attached hydrogens (tertiary/aromatic N) is 1. The Morgan fingerprint density at radius 1 is 1.29 bits per heavy atom. The molecule has 6 heteroatoms. The number of carbonyl (C=O) groups excluding carboxylic acids is 1. The standard InChI is InChI=1S/C18H23F3N2O/c19-18(20,21)15-5-1-4-14(12-15)17(13-7-8-13)22-9-3-11-23-10-2-6-16(23)24/h1,4-5,12-13,17,22H,2-3,6-11H2/t17-/m1/s1. The van der Waals surface area contributed by atoms with Gasteiger partial charge in [0.2, 0.25) is 5.91 Å². The second-order valence-electron chi connectivity index (χ2n) is 6.73. The van der Waals surface area contributed by atoms with Gasteiger partial charge in [-0.1, -0.05) is 12.1 Å². The smallest absolute Gasteiger partial charge is 0.343 e. The molecule has 1 aliphatic heterocycles. The highest BCUT2D eigenvalue weighted by atomic mass is 19.4. The maximum atomic E-state index is 12.9. The molecule has 2 fully saturated rings. The minimum Gasteiger partial charge on any atom is -0.343 e. The third-order valence-electron chi connectivity index (χ3n) is 4.81. The van der Waals surface area contributed by atoms with Crippen molar-refractivity contribution in [2.45, 2.75) is 44.3 Å².